The topological polar surface area (TPSA) is 225 Å². The summed E-state index contributed by atoms with van der Waals surface area (Å²) in [7, 11) is 3.75. The van der Waals surface area contributed by atoms with Crippen LogP contribution in [0.15, 0.2) is 0 Å². The van der Waals surface area contributed by atoms with Gasteiger partial charge in [-0.05, 0) is 116 Å². The summed E-state index contributed by atoms with van der Waals surface area (Å²) in [5.74, 6) is -0.179. The molecule has 1 aliphatic rings. The zero-order valence-corrected chi connectivity index (χ0v) is 52.6. The zero-order valence-electron chi connectivity index (χ0n) is 51.0. The smallest absolute Gasteiger partial charge is 0.306 e. The summed E-state index contributed by atoms with van der Waals surface area (Å²) >= 11 is 0. The molecule has 18 nitrogen and oxygen atoms in total. The molecule has 1 fully saturated rings. The van der Waals surface area contributed by atoms with Gasteiger partial charge in [-0.15, -0.1) is 0 Å². The van der Waals surface area contributed by atoms with Gasteiger partial charge in [-0.1, -0.05) is 95.7 Å². The number of carbonyl (C=O) groups excluding carboxylic acids is 5. The van der Waals surface area contributed by atoms with E-state index in [1.165, 1.54) is 0 Å². The monoisotopic (exact) mass is 1180 g/mol. The normalized spacial score (nSPS) is 15.3. The van der Waals surface area contributed by atoms with Crippen LogP contribution < -0.4 is 0 Å². The van der Waals surface area contributed by atoms with Gasteiger partial charge in [-0.3, -0.25) is 43.6 Å². The van der Waals surface area contributed by atoms with E-state index in [1.54, 1.807) is 0 Å². The van der Waals surface area contributed by atoms with E-state index in [0.717, 1.165) is 116 Å². The number of esters is 5. The first kappa shape index (κ1) is 75.7. The largest absolute Gasteiger partial charge is 0.466 e. The second kappa shape index (κ2) is 50.1. The third-order valence-electron chi connectivity index (χ3n) is 14.6. The lowest BCUT2D eigenvalue weighted by atomic mass is 10.1. The number of carbonyl (C=O) groups is 5. The van der Waals surface area contributed by atoms with Gasteiger partial charge in [0.25, 0.3) is 0 Å². The Morgan fingerprint density at radius 2 is 0.825 bits per heavy atom. The number of rotatable bonds is 53. The van der Waals surface area contributed by atoms with E-state index in [-0.39, 0.29) is 74.4 Å². The first-order valence-corrected chi connectivity index (χ1v) is 33.7. The van der Waals surface area contributed by atoms with Crippen molar-refractivity contribution in [3.05, 3.63) is 0 Å². The zero-order chi connectivity index (χ0) is 59.2. The van der Waals surface area contributed by atoms with E-state index in [9.17, 15) is 44.4 Å². The second-order valence-electron chi connectivity index (χ2n) is 21.9. The van der Waals surface area contributed by atoms with Gasteiger partial charge in [0.2, 0.25) is 0 Å². The Kier molecular flexibility index (Phi) is 47.4. The molecule has 0 spiro atoms. The Hall–Kier alpha value is -2.27. The molecule has 0 radical (unpaired) electrons. The van der Waals surface area contributed by atoms with E-state index in [1.807, 2.05) is 54.2 Å². The number of piperazine rings is 1. The number of hydrogen-bond donors (Lipinski definition) is 4. The molecule has 20 heteroatoms. The molecule has 0 aromatic rings. The van der Waals surface area contributed by atoms with Crippen molar-refractivity contribution in [1.29, 1.82) is 0 Å². The molecule has 1 saturated heterocycles. The molecular weight excluding hydrogens is 1060 g/mol. The minimum absolute atomic E-state index is 0.0942. The average Bonchev–Trinajstić information content (AvgIpc) is 3.43. The minimum Gasteiger partial charge on any atom is -0.466 e. The van der Waals surface area contributed by atoms with Crippen molar-refractivity contribution >= 4 is 51.4 Å². The van der Waals surface area contributed by atoms with E-state index in [0.29, 0.717) is 122 Å². The summed E-state index contributed by atoms with van der Waals surface area (Å²) < 4.78 is 27.2. The van der Waals surface area contributed by atoms with Crippen molar-refractivity contribution in [3.8, 4) is 0 Å². The first-order valence-electron chi connectivity index (χ1n) is 31.3. The summed E-state index contributed by atoms with van der Waals surface area (Å²) in [6.07, 6.45) is 12.4. The van der Waals surface area contributed by atoms with Crippen molar-refractivity contribution in [1.82, 2.24) is 19.6 Å². The Morgan fingerprint density at radius 3 is 1.25 bits per heavy atom. The van der Waals surface area contributed by atoms with E-state index >= 15 is 0 Å². The molecule has 1 heterocycles. The van der Waals surface area contributed by atoms with Crippen LogP contribution in [-0.2, 0) is 47.7 Å². The van der Waals surface area contributed by atoms with Crippen molar-refractivity contribution in [2.75, 3.05) is 104 Å². The predicted molar refractivity (Wildman–Crippen MR) is 321 cm³/mol. The van der Waals surface area contributed by atoms with Gasteiger partial charge in [-0.2, -0.15) is 0 Å². The second-order valence-corrected chi connectivity index (χ2v) is 24.9. The highest BCUT2D eigenvalue weighted by Gasteiger charge is 2.22. The molecule has 0 aromatic carbocycles. The predicted octanol–water partition coefficient (Wildman–Crippen LogP) is 8.75. The number of hydrogen-bond acceptors (Lipinski definition) is 20. The summed E-state index contributed by atoms with van der Waals surface area (Å²) in [4.78, 5) is 70.4. The lowest BCUT2D eigenvalue weighted by Crippen LogP contribution is -2.47. The molecule has 0 aromatic heterocycles. The molecular formula is C60H114N4O14S2. The van der Waals surface area contributed by atoms with Crippen LogP contribution in [0.25, 0.3) is 0 Å². The highest BCUT2D eigenvalue weighted by atomic mass is 33.1. The highest BCUT2D eigenvalue weighted by molar-refractivity contribution is 8.76. The number of aliphatic hydroxyl groups is 4. The van der Waals surface area contributed by atoms with Gasteiger partial charge in [-0.25, -0.2) is 0 Å². The number of ether oxygens (including phenoxy) is 5. The standard InChI is InChI=1S/C60H114N4O14S2/c1-8-14-41-74-56(69)27-18-16-23-50(65)47-64(48-51(66)24-17-19-28-57(70)75-42-15-9-2)34-32-49(7)80-79-44-40-62-37-35-61(36-38-62)39-43-76-58(71)31-22-33-63(45-52(67)25-20-29-59(72)77-54(10-3)11-4)46-53(68)26-21-30-60(73)78-55(12-5)13-6/h49-55,65-68H,8-48H2,1-7H3. The summed E-state index contributed by atoms with van der Waals surface area (Å²) in [5, 5.41) is 44.3. The van der Waals surface area contributed by atoms with Gasteiger partial charge < -0.3 is 44.1 Å². The molecule has 1 rings (SSSR count). The average molecular weight is 1180 g/mol. The van der Waals surface area contributed by atoms with Crippen LogP contribution in [0.2, 0.25) is 0 Å². The van der Waals surface area contributed by atoms with Gasteiger partial charge >= 0.3 is 29.8 Å². The Bertz CT molecular complexity index is 1480. The Morgan fingerprint density at radius 1 is 0.450 bits per heavy atom. The first-order chi connectivity index (χ1) is 38.5. The van der Waals surface area contributed by atoms with Gasteiger partial charge in [0.15, 0.2) is 0 Å². The van der Waals surface area contributed by atoms with Gasteiger partial charge in [0.05, 0.1) is 37.6 Å². The maximum atomic E-state index is 12.8. The molecule has 470 valence electrons. The SMILES string of the molecule is CCCCOC(=O)CCCCC(O)CN(CCC(C)SSCCN1CCN(CCOC(=O)CCCN(CC(O)CCCC(=O)OC(CC)CC)CC(O)CCCC(=O)OC(CC)CC)CC1)CC(O)CCCCC(=O)OCCCC. The van der Waals surface area contributed by atoms with Crippen LogP contribution in [0, 0.1) is 0 Å². The van der Waals surface area contributed by atoms with Crippen molar-refractivity contribution in [2.45, 2.75) is 251 Å². The van der Waals surface area contributed by atoms with Crippen LogP contribution in [0.4, 0.5) is 0 Å². The number of nitrogens with zero attached hydrogens (tertiary/aromatic N) is 4. The van der Waals surface area contributed by atoms with Crippen molar-refractivity contribution in [2.24, 2.45) is 0 Å². The summed E-state index contributed by atoms with van der Waals surface area (Å²) in [6, 6.07) is 0. The molecule has 5 unspecified atom stereocenters. The molecule has 80 heavy (non-hydrogen) atoms. The third-order valence-corrected chi connectivity index (χ3v) is 17.5. The lowest BCUT2D eigenvalue weighted by Gasteiger charge is -2.34. The van der Waals surface area contributed by atoms with Crippen molar-refractivity contribution in [3.63, 3.8) is 0 Å². The maximum absolute atomic E-state index is 12.8. The fourth-order valence-electron chi connectivity index (χ4n) is 9.33. The van der Waals surface area contributed by atoms with Crippen LogP contribution in [0.5, 0.6) is 0 Å². The van der Waals surface area contributed by atoms with E-state index in [2.05, 4.69) is 35.5 Å². The molecule has 4 N–H and O–H groups in total. The van der Waals surface area contributed by atoms with Crippen LogP contribution >= 0.6 is 21.6 Å². The fraction of sp³-hybridized carbons (Fsp3) is 0.917. The number of aliphatic hydroxyl groups excluding tert-OH is 4. The molecule has 0 amide bonds. The van der Waals surface area contributed by atoms with Crippen LogP contribution in [-0.4, -0.2) is 216 Å². The van der Waals surface area contributed by atoms with Gasteiger partial charge in [0, 0.05) is 109 Å². The number of unbranched alkanes of at least 4 members (excludes halogenated alkanes) is 4. The van der Waals surface area contributed by atoms with Crippen LogP contribution in [0.1, 0.15) is 209 Å². The molecule has 0 bridgehead atoms. The third kappa shape index (κ3) is 42.5. The van der Waals surface area contributed by atoms with E-state index in [4.69, 9.17) is 23.7 Å². The summed E-state index contributed by atoms with van der Waals surface area (Å²) in [6.45, 7) is 23.5. The van der Waals surface area contributed by atoms with Crippen LogP contribution in [0.3, 0.4) is 0 Å². The Labute approximate surface area is 492 Å². The lowest BCUT2D eigenvalue weighted by molar-refractivity contribution is -0.150. The van der Waals surface area contributed by atoms with Crippen molar-refractivity contribution < 1.29 is 68.1 Å². The van der Waals surface area contributed by atoms with E-state index < -0.39 is 24.4 Å². The molecule has 0 aliphatic carbocycles. The molecule has 1 aliphatic heterocycles. The molecule has 0 saturated carbocycles. The Balaban J connectivity index is 2.51. The highest BCUT2D eigenvalue weighted by Crippen LogP contribution is 2.29. The fourth-order valence-corrected chi connectivity index (χ4v) is 11.7. The minimum atomic E-state index is -0.730. The molecule has 5 atom stereocenters. The van der Waals surface area contributed by atoms with Gasteiger partial charge in [0.1, 0.15) is 18.8 Å². The quantitative estimate of drug-likeness (QED) is 0.0193. The maximum Gasteiger partial charge on any atom is 0.306 e. The summed E-state index contributed by atoms with van der Waals surface area (Å²) in [5.41, 5.74) is 0.